The fourth-order valence-electron chi connectivity index (χ4n) is 2.32. The van der Waals surface area contributed by atoms with E-state index in [0.717, 1.165) is 14.2 Å². The Morgan fingerprint density at radius 3 is 2.04 bits per heavy atom. The molecule has 0 N–H and O–H groups in total. The molecule has 26 heavy (non-hydrogen) atoms. The summed E-state index contributed by atoms with van der Waals surface area (Å²) in [7, 11) is -2.49. The van der Waals surface area contributed by atoms with Gasteiger partial charge in [-0.1, -0.05) is 41.9 Å². The lowest BCUT2D eigenvalue weighted by molar-refractivity contribution is -0.0734. The van der Waals surface area contributed by atoms with Gasteiger partial charge >= 0.3 is 7.82 Å². The first-order chi connectivity index (χ1) is 12.3. The molecule has 0 aliphatic heterocycles. The number of phosphoric ester groups is 1. The summed E-state index contributed by atoms with van der Waals surface area (Å²) in [6.45, 7) is 0. The Labute approximate surface area is 154 Å². The third-order valence-corrected chi connectivity index (χ3v) is 5.31. The number of alkyl halides is 2. The Balaban J connectivity index is 2.68. The normalized spacial score (nSPS) is 14.2. The average Bonchev–Trinajstić information content (AvgIpc) is 2.66. The average molecular weight is 405 g/mol. The van der Waals surface area contributed by atoms with Gasteiger partial charge in [-0.25, -0.2) is 13.3 Å². The number of rotatable bonds is 8. The van der Waals surface area contributed by atoms with Gasteiger partial charge in [0.2, 0.25) is 11.4 Å². The molecule has 0 fully saturated rings. The van der Waals surface area contributed by atoms with E-state index in [1.165, 1.54) is 48.5 Å². The predicted octanol–water partition coefficient (Wildman–Crippen LogP) is 5.10. The lowest BCUT2D eigenvalue weighted by Gasteiger charge is -2.33. The quantitative estimate of drug-likeness (QED) is 0.452. The molecule has 2 aromatic rings. The highest BCUT2D eigenvalue weighted by Gasteiger charge is 2.55. The van der Waals surface area contributed by atoms with Gasteiger partial charge in [0.25, 0.3) is 6.43 Å². The number of ketones is 1. The van der Waals surface area contributed by atoms with Crippen LogP contribution in [0.15, 0.2) is 54.6 Å². The van der Waals surface area contributed by atoms with Crippen LogP contribution in [0.1, 0.15) is 15.9 Å². The summed E-state index contributed by atoms with van der Waals surface area (Å²) in [6, 6.07) is 12.3. The van der Waals surface area contributed by atoms with Crippen LogP contribution in [0.25, 0.3) is 0 Å². The first kappa shape index (κ1) is 20.7. The molecular weight excluding hydrogens is 389 g/mol. The summed E-state index contributed by atoms with van der Waals surface area (Å²) >= 11 is 5.79. The minimum absolute atomic E-state index is 0.0997. The molecule has 0 amide bonds. The van der Waals surface area contributed by atoms with Gasteiger partial charge in [0.1, 0.15) is 0 Å². The van der Waals surface area contributed by atoms with Gasteiger partial charge in [-0.3, -0.25) is 18.4 Å². The number of hydrogen-bond acceptors (Lipinski definition) is 5. The minimum Gasteiger partial charge on any atom is -0.290 e. The van der Waals surface area contributed by atoms with Crippen LogP contribution in [0.2, 0.25) is 5.02 Å². The van der Waals surface area contributed by atoms with Crippen molar-refractivity contribution in [1.82, 2.24) is 0 Å². The van der Waals surface area contributed by atoms with E-state index in [2.05, 4.69) is 9.05 Å². The topological polar surface area (TPSA) is 61.8 Å². The Bertz CT molecular complexity index is 793. The molecule has 1 unspecified atom stereocenters. The van der Waals surface area contributed by atoms with Crippen molar-refractivity contribution < 1.29 is 31.7 Å². The largest absolute Gasteiger partial charge is 0.475 e. The molecule has 9 heteroatoms. The molecule has 5 nitrogen and oxygen atoms in total. The molecule has 2 rings (SSSR count). The predicted molar refractivity (Wildman–Crippen MR) is 92.6 cm³/mol. The van der Waals surface area contributed by atoms with Crippen molar-refractivity contribution in [3.63, 3.8) is 0 Å². The Hall–Kier alpha value is -1.63. The van der Waals surface area contributed by atoms with Gasteiger partial charge in [-0.2, -0.15) is 0 Å². The van der Waals surface area contributed by atoms with E-state index in [0.29, 0.717) is 5.02 Å². The highest BCUT2D eigenvalue weighted by atomic mass is 35.5. The van der Waals surface area contributed by atoms with Crippen LogP contribution in [0, 0.1) is 0 Å². The van der Waals surface area contributed by atoms with Gasteiger partial charge < -0.3 is 0 Å². The Morgan fingerprint density at radius 2 is 1.58 bits per heavy atom. The number of benzene rings is 2. The summed E-state index contributed by atoms with van der Waals surface area (Å²) in [5.41, 5.74) is -3.18. The van der Waals surface area contributed by atoms with E-state index in [1.54, 1.807) is 6.07 Å². The zero-order chi connectivity index (χ0) is 19.4. The zero-order valence-electron chi connectivity index (χ0n) is 13.9. The van der Waals surface area contributed by atoms with Crippen LogP contribution in [0.4, 0.5) is 8.78 Å². The number of Topliss-reactive ketones (excluding diaryl/α,β-unsaturated/α-hetero) is 1. The molecule has 0 saturated heterocycles. The minimum atomic E-state index is -4.43. The standard InChI is InChI=1S/C17H16ClF2O5P/c1-23-26(22,24-2)25-17(16(19)20,13-6-4-3-5-7-13)15(21)12-8-10-14(18)11-9-12/h3-11,16H,1-2H3. The molecule has 0 heterocycles. The van der Waals surface area contributed by atoms with E-state index in [9.17, 15) is 18.1 Å². The molecule has 0 aliphatic carbocycles. The molecule has 0 saturated carbocycles. The van der Waals surface area contributed by atoms with Crippen LogP contribution in [-0.4, -0.2) is 26.4 Å². The molecule has 0 spiro atoms. The third kappa shape index (κ3) is 4.03. The molecule has 140 valence electrons. The molecule has 0 radical (unpaired) electrons. The van der Waals surface area contributed by atoms with Crippen molar-refractivity contribution in [2.75, 3.05) is 14.2 Å². The van der Waals surface area contributed by atoms with Crippen molar-refractivity contribution in [3.05, 3.63) is 70.7 Å². The van der Waals surface area contributed by atoms with Crippen LogP contribution in [0.3, 0.4) is 0 Å². The third-order valence-electron chi connectivity index (χ3n) is 3.66. The maximum atomic E-state index is 14.3. The Morgan fingerprint density at radius 1 is 1.04 bits per heavy atom. The second-order valence-electron chi connectivity index (χ2n) is 5.14. The highest BCUT2D eigenvalue weighted by Crippen LogP contribution is 2.56. The first-order valence-electron chi connectivity index (χ1n) is 7.35. The summed E-state index contributed by atoms with van der Waals surface area (Å²) in [4.78, 5) is 13.0. The Kier molecular flexibility index (Phi) is 6.66. The van der Waals surface area contributed by atoms with Crippen LogP contribution < -0.4 is 0 Å². The van der Waals surface area contributed by atoms with Crippen molar-refractivity contribution >= 4 is 25.2 Å². The number of halogens is 3. The lowest BCUT2D eigenvalue weighted by atomic mass is 9.86. The number of phosphoric acid groups is 1. The summed E-state index contributed by atoms with van der Waals surface area (Å²) in [5.74, 6) is -1.11. The van der Waals surface area contributed by atoms with Crippen molar-refractivity contribution in [3.8, 4) is 0 Å². The maximum absolute atomic E-state index is 14.3. The number of hydrogen-bond donors (Lipinski definition) is 0. The monoisotopic (exact) mass is 404 g/mol. The molecular formula is C17H16ClF2O5P. The van der Waals surface area contributed by atoms with E-state index in [-0.39, 0.29) is 11.1 Å². The molecule has 0 bridgehead atoms. The summed E-state index contributed by atoms with van der Waals surface area (Å²) in [5, 5.41) is 0.323. The van der Waals surface area contributed by atoms with E-state index in [4.69, 9.17) is 16.1 Å². The summed E-state index contributed by atoms with van der Waals surface area (Å²) < 4.78 is 55.3. The summed E-state index contributed by atoms with van der Waals surface area (Å²) in [6.07, 6.45) is -3.37. The van der Waals surface area contributed by atoms with Crippen molar-refractivity contribution in [1.29, 1.82) is 0 Å². The van der Waals surface area contributed by atoms with Gasteiger partial charge in [0.05, 0.1) is 0 Å². The van der Waals surface area contributed by atoms with Gasteiger partial charge in [0.15, 0.2) is 0 Å². The molecule has 2 aromatic carbocycles. The molecule has 1 atom stereocenters. The zero-order valence-corrected chi connectivity index (χ0v) is 15.5. The van der Waals surface area contributed by atoms with Crippen molar-refractivity contribution in [2.24, 2.45) is 0 Å². The number of carbonyl (C=O) groups is 1. The molecule has 0 aromatic heterocycles. The highest BCUT2D eigenvalue weighted by molar-refractivity contribution is 7.48. The van der Waals surface area contributed by atoms with Crippen LogP contribution in [-0.2, 0) is 23.7 Å². The van der Waals surface area contributed by atoms with Gasteiger partial charge in [0, 0.05) is 24.8 Å². The van der Waals surface area contributed by atoms with E-state index in [1.807, 2.05) is 0 Å². The first-order valence-corrected chi connectivity index (χ1v) is 9.19. The van der Waals surface area contributed by atoms with E-state index >= 15 is 0 Å². The maximum Gasteiger partial charge on any atom is 0.475 e. The fourth-order valence-corrected chi connectivity index (χ4v) is 3.36. The molecule has 0 aliphatic rings. The van der Waals surface area contributed by atoms with Crippen LogP contribution in [0.5, 0.6) is 0 Å². The number of carbonyl (C=O) groups excluding carboxylic acids is 1. The van der Waals surface area contributed by atoms with Crippen LogP contribution >= 0.6 is 19.4 Å². The smallest absolute Gasteiger partial charge is 0.290 e. The van der Waals surface area contributed by atoms with Gasteiger partial charge in [-0.15, -0.1) is 0 Å². The second kappa shape index (κ2) is 8.37. The SMILES string of the molecule is COP(=O)(OC)OC(C(=O)c1ccc(Cl)cc1)(c1ccccc1)C(F)F. The van der Waals surface area contributed by atoms with E-state index < -0.39 is 25.6 Å². The second-order valence-corrected chi connectivity index (χ2v) is 7.39. The lowest BCUT2D eigenvalue weighted by Crippen LogP contribution is -2.45. The van der Waals surface area contributed by atoms with Crippen molar-refractivity contribution in [2.45, 2.75) is 12.0 Å². The van der Waals surface area contributed by atoms with Gasteiger partial charge in [-0.05, 0) is 29.8 Å². The fraction of sp³-hybridized carbons (Fsp3) is 0.235.